The molecule has 1 aromatic rings. The Morgan fingerprint density at radius 2 is 1.94 bits per heavy atom. The van der Waals surface area contributed by atoms with Crippen molar-refractivity contribution in [3.63, 3.8) is 0 Å². The number of carbonyl (C=O) groups excluding carboxylic acids is 1. The summed E-state index contributed by atoms with van der Waals surface area (Å²) >= 11 is 11.9. The van der Waals surface area contributed by atoms with Gasteiger partial charge in [0.1, 0.15) is 0 Å². The van der Waals surface area contributed by atoms with E-state index in [1.165, 1.54) is 0 Å². The lowest BCUT2D eigenvalue weighted by molar-refractivity contribution is -0.129. The van der Waals surface area contributed by atoms with Crippen molar-refractivity contribution >= 4 is 29.1 Å². The third-order valence-electron chi connectivity index (χ3n) is 2.93. The minimum absolute atomic E-state index is 0.110. The van der Waals surface area contributed by atoms with E-state index < -0.39 is 0 Å². The summed E-state index contributed by atoms with van der Waals surface area (Å²) in [5, 5.41) is 1.25. The van der Waals surface area contributed by atoms with Gasteiger partial charge in [0, 0.05) is 23.5 Å². The van der Waals surface area contributed by atoms with E-state index in [0.717, 1.165) is 24.9 Å². The molecule has 0 aromatic heterocycles. The van der Waals surface area contributed by atoms with E-state index in [-0.39, 0.29) is 11.9 Å². The fraction of sp³-hybridized carbons (Fsp3) is 0.417. The van der Waals surface area contributed by atoms with Gasteiger partial charge in [0.05, 0.1) is 6.04 Å². The monoisotopic (exact) mass is 257 g/mol. The number of amides is 1. The highest BCUT2D eigenvalue weighted by Gasteiger charge is 2.28. The van der Waals surface area contributed by atoms with Gasteiger partial charge in [-0.3, -0.25) is 4.79 Å². The molecule has 0 bridgehead atoms. The maximum Gasteiger partial charge on any atom is 0.219 e. The highest BCUT2D eigenvalue weighted by molar-refractivity contribution is 6.34. The summed E-state index contributed by atoms with van der Waals surface area (Å²) in [6.45, 7) is 2.43. The first-order chi connectivity index (χ1) is 7.58. The van der Waals surface area contributed by atoms with E-state index in [0.29, 0.717) is 10.0 Å². The third kappa shape index (κ3) is 2.33. The first kappa shape index (κ1) is 11.7. The maximum atomic E-state index is 11.5. The van der Waals surface area contributed by atoms with Gasteiger partial charge >= 0.3 is 0 Å². The van der Waals surface area contributed by atoms with Gasteiger partial charge in [-0.1, -0.05) is 23.2 Å². The standard InChI is InChI=1S/C12H13Cl2NO/c1-8(16)15-4-2-3-12(15)9-5-10(13)7-11(14)6-9/h5-7,12H,2-4H2,1H3. The second-order valence-corrected chi connectivity index (χ2v) is 4.95. The summed E-state index contributed by atoms with van der Waals surface area (Å²) in [5.74, 6) is 0.110. The molecular formula is C12H13Cl2NO. The molecule has 0 radical (unpaired) electrons. The largest absolute Gasteiger partial charge is 0.336 e. The number of nitrogens with zero attached hydrogens (tertiary/aromatic N) is 1. The van der Waals surface area contributed by atoms with Crippen molar-refractivity contribution in [2.75, 3.05) is 6.54 Å². The zero-order valence-corrected chi connectivity index (χ0v) is 10.6. The quantitative estimate of drug-likeness (QED) is 0.752. The molecular weight excluding hydrogens is 245 g/mol. The minimum atomic E-state index is 0.110. The van der Waals surface area contributed by atoms with Crippen LogP contribution in [0.5, 0.6) is 0 Å². The van der Waals surface area contributed by atoms with Crippen LogP contribution in [0.4, 0.5) is 0 Å². The molecule has 86 valence electrons. The van der Waals surface area contributed by atoms with Crippen LogP contribution in [0.3, 0.4) is 0 Å². The highest BCUT2D eigenvalue weighted by Crippen LogP contribution is 2.34. The molecule has 1 amide bonds. The molecule has 2 rings (SSSR count). The van der Waals surface area contributed by atoms with Gasteiger partial charge in [0.2, 0.25) is 5.91 Å². The number of halogens is 2. The van der Waals surface area contributed by atoms with Crippen molar-refractivity contribution in [2.24, 2.45) is 0 Å². The lowest BCUT2D eigenvalue weighted by atomic mass is 10.0. The number of benzene rings is 1. The molecule has 1 aliphatic heterocycles. The Morgan fingerprint density at radius 3 is 2.50 bits per heavy atom. The van der Waals surface area contributed by atoms with E-state index in [1.807, 2.05) is 17.0 Å². The van der Waals surface area contributed by atoms with Gasteiger partial charge in [0.15, 0.2) is 0 Å². The van der Waals surface area contributed by atoms with Gasteiger partial charge in [-0.05, 0) is 36.6 Å². The summed E-state index contributed by atoms with van der Waals surface area (Å²) in [7, 11) is 0. The van der Waals surface area contributed by atoms with Crippen molar-refractivity contribution in [1.29, 1.82) is 0 Å². The topological polar surface area (TPSA) is 20.3 Å². The molecule has 0 saturated carbocycles. The SMILES string of the molecule is CC(=O)N1CCCC1c1cc(Cl)cc(Cl)c1. The van der Waals surface area contributed by atoms with E-state index in [1.54, 1.807) is 13.0 Å². The fourth-order valence-corrected chi connectivity index (χ4v) is 2.80. The molecule has 0 N–H and O–H groups in total. The highest BCUT2D eigenvalue weighted by atomic mass is 35.5. The van der Waals surface area contributed by atoms with Gasteiger partial charge in [0.25, 0.3) is 0 Å². The Morgan fingerprint density at radius 1 is 1.31 bits per heavy atom. The summed E-state index contributed by atoms with van der Waals surface area (Å²) in [6.07, 6.45) is 2.02. The number of hydrogen-bond donors (Lipinski definition) is 0. The fourth-order valence-electron chi connectivity index (χ4n) is 2.26. The summed E-state index contributed by atoms with van der Waals surface area (Å²) in [6, 6.07) is 5.62. The second kappa shape index (κ2) is 4.64. The first-order valence-electron chi connectivity index (χ1n) is 5.31. The van der Waals surface area contributed by atoms with Crippen LogP contribution >= 0.6 is 23.2 Å². The van der Waals surface area contributed by atoms with Gasteiger partial charge in [-0.15, -0.1) is 0 Å². The molecule has 4 heteroatoms. The van der Waals surface area contributed by atoms with Crippen molar-refractivity contribution < 1.29 is 4.79 Å². The molecule has 1 saturated heterocycles. The number of carbonyl (C=O) groups is 1. The molecule has 1 aliphatic rings. The number of rotatable bonds is 1. The van der Waals surface area contributed by atoms with Crippen LogP contribution in [0.2, 0.25) is 10.0 Å². The lowest BCUT2D eigenvalue weighted by Gasteiger charge is -2.23. The average Bonchev–Trinajstić information content (AvgIpc) is 2.63. The second-order valence-electron chi connectivity index (χ2n) is 4.07. The molecule has 2 nitrogen and oxygen atoms in total. The molecule has 1 atom stereocenters. The van der Waals surface area contributed by atoms with Crippen molar-refractivity contribution in [3.8, 4) is 0 Å². The van der Waals surface area contributed by atoms with Crippen LogP contribution in [-0.4, -0.2) is 17.4 Å². The zero-order valence-electron chi connectivity index (χ0n) is 9.04. The minimum Gasteiger partial charge on any atom is -0.336 e. The third-order valence-corrected chi connectivity index (χ3v) is 3.36. The Kier molecular flexibility index (Phi) is 3.41. The summed E-state index contributed by atoms with van der Waals surface area (Å²) in [5.41, 5.74) is 1.03. The van der Waals surface area contributed by atoms with E-state index in [4.69, 9.17) is 23.2 Å². The van der Waals surface area contributed by atoms with E-state index >= 15 is 0 Å². The zero-order chi connectivity index (χ0) is 11.7. The lowest BCUT2D eigenvalue weighted by Crippen LogP contribution is -2.27. The molecule has 0 aliphatic carbocycles. The number of hydrogen-bond acceptors (Lipinski definition) is 1. The first-order valence-corrected chi connectivity index (χ1v) is 6.07. The molecule has 1 unspecified atom stereocenters. The Labute approximate surface area is 105 Å². The van der Waals surface area contributed by atoms with Gasteiger partial charge in [-0.2, -0.15) is 0 Å². The van der Waals surface area contributed by atoms with Crippen LogP contribution in [0.1, 0.15) is 31.4 Å². The molecule has 1 heterocycles. The predicted octanol–water partition coefficient (Wildman–Crippen LogP) is 3.68. The Balaban J connectivity index is 2.32. The van der Waals surface area contributed by atoms with Crippen molar-refractivity contribution in [2.45, 2.75) is 25.8 Å². The van der Waals surface area contributed by atoms with Crippen molar-refractivity contribution in [1.82, 2.24) is 4.90 Å². The Hall–Kier alpha value is -0.730. The van der Waals surface area contributed by atoms with Crippen LogP contribution in [-0.2, 0) is 4.79 Å². The van der Waals surface area contributed by atoms with Gasteiger partial charge < -0.3 is 4.90 Å². The van der Waals surface area contributed by atoms with E-state index in [2.05, 4.69) is 0 Å². The molecule has 1 aromatic carbocycles. The van der Waals surface area contributed by atoms with E-state index in [9.17, 15) is 4.79 Å². The molecule has 16 heavy (non-hydrogen) atoms. The van der Waals surface area contributed by atoms with Gasteiger partial charge in [-0.25, -0.2) is 0 Å². The Bertz CT molecular complexity index is 399. The van der Waals surface area contributed by atoms with Crippen LogP contribution in [0.25, 0.3) is 0 Å². The van der Waals surface area contributed by atoms with Crippen LogP contribution in [0.15, 0.2) is 18.2 Å². The normalized spacial score (nSPS) is 20.2. The van der Waals surface area contributed by atoms with Crippen LogP contribution in [0, 0.1) is 0 Å². The maximum absolute atomic E-state index is 11.5. The van der Waals surface area contributed by atoms with Crippen LogP contribution < -0.4 is 0 Å². The molecule has 1 fully saturated rings. The smallest absolute Gasteiger partial charge is 0.219 e. The summed E-state index contributed by atoms with van der Waals surface area (Å²) in [4.78, 5) is 13.3. The predicted molar refractivity (Wildman–Crippen MR) is 65.8 cm³/mol. The average molecular weight is 258 g/mol. The molecule has 0 spiro atoms. The summed E-state index contributed by atoms with van der Waals surface area (Å²) < 4.78 is 0. The van der Waals surface area contributed by atoms with Crippen molar-refractivity contribution in [3.05, 3.63) is 33.8 Å². The number of likely N-dealkylation sites (tertiary alicyclic amines) is 1.